The van der Waals surface area contributed by atoms with Crippen molar-refractivity contribution in [3.63, 3.8) is 0 Å². The fraction of sp³-hybridized carbons (Fsp3) is 0.562. The Labute approximate surface area is 234 Å². The van der Waals surface area contributed by atoms with Gasteiger partial charge in [-0.3, -0.25) is 9.59 Å². The summed E-state index contributed by atoms with van der Waals surface area (Å²) in [6, 6.07) is 7.60. The molecule has 8 nitrogen and oxygen atoms in total. The highest BCUT2D eigenvalue weighted by atomic mass is 16.5. The van der Waals surface area contributed by atoms with Crippen molar-refractivity contribution in [1.29, 1.82) is 0 Å². The second-order valence-corrected chi connectivity index (χ2v) is 11.8. The van der Waals surface area contributed by atoms with Crippen LogP contribution in [0.1, 0.15) is 59.8 Å². The minimum Gasteiger partial charge on any atom is -0.502 e. The van der Waals surface area contributed by atoms with Crippen LogP contribution in [0.2, 0.25) is 0 Å². The van der Waals surface area contributed by atoms with Crippen LogP contribution >= 0.6 is 0 Å². The maximum atomic E-state index is 14.2. The maximum Gasteiger partial charge on any atom is 0.200 e. The molecule has 2 aromatic rings. The predicted octanol–water partition coefficient (Wildman–Crippen LogP) is 4.37. The van der Waals surface area contributed by atoms with Crippen LogP contribution in [0.5, 0.6) is 23.0 Å². The fourth-order valence-corrected chi connectivity index (χ4v) is 8.37. The molecular formula is C32H38O8. The van der Waals surface area contributed by atoms with E-state index in [2.05, 4.69) is 0 Å². The number of Topliss-reactive ketones (excluding diaryl/α,β-unsaturated/α-hetero) is 2. The lowest BCUT2D eigenvalue weighted by Crippen LogP contribution is -2.61. The van der Waals surface area contributed by atoms with Gasteiger partial charge in [0.2, 0.25) is 5.75 Å². The summed E-state index contributed by atoms with van der Waals surface area (Å²) in [5.74, 6) is 0.247. The summed E-state index contributed by atoms with van der Waals surface area (Å²) < 4.78 is 22.1. The number of aromatic hydroxyl groups is 1. The standard InChI is InChI=1S/C32H38O8/c1-37-14-22-17(13-33)9-15(10-23(22)38-2)26-18-5-7-20(18)31(35)29-27(19-6-8-21(19)30(34)28(26)29)16-11-24(39-3)32(36)25(12-16)40-4/h9-12,18-21,26-29,33,36H,5-8,13-14H2,1-4H3. The first-order valence-corrected chi connectivity index (χ1v) is 14.2. The van der Waals surface area contributed by atoms with Crippen LogP contribution in [0.4, 0.5) is 0 Å². The zero-order chi connectivity index (χ0) is 28.3. The lowest BCUT2D eigenvalue weighted by atomic mass is 9.42. The molecule has 2 N–H and O–H groups in total. The van der Waals surface area contributed by atoms with Gasteiger partial charge in [-0.25, -0.2) is 0 Å². The Bertz CT molecular complexity index is 1280. The number of fused-ring (bicyclic) bond motifs is 3. The SMILES string of the molecule is COCc1c(CO)cc(C2C3CCC3C(=O)C3C2C(=O)C2CCC2C3c2cc(OC)c(O)c(OC)c2)cc1OC. The molecule has 6 rings (SSSR count). The quantitative estimate of drug-likeness (QED) is 0.498. The van der Waals surface area contributed by atoms with Crippen molar-refractivity contribution in [3.8, 4) is 23.0 Å². The Morgan fingerprint density at radius 3 is 1.57 bits per heavy atom. The zero-order valence-electron chi connectivity index (χ0n) is 23.5. The van der Waals surface area contributed by atoms with Crippen molar-refractivity contribution < 1.29 is 38.7 Å². The van der Waals surface area contributed by atoms with E-state index in [1.165, 1.54) is 14.2 Å². The molecule has 0 spiro atoms. The van der Waals surface area contributed by atoms with Gasteiger partial charge in [-0.15, -0.1) is 0 Å². The summed E-state index contributed by atoms with van der Waals surface area (Å²) in [5.41, 5.74) is 3.33. The Balaban J connectivity index is 1.51. The maximum absolute atomic E-state index is 14.2. The van der Waals surface area contributed by atoms with Gasteiger partial charge in [0.1, 0.15) is 17.3 Å². The fourth-order valence-electron chi connectivity index (χ4n) is 8.37. The van der Waals surface area contributed by atoms with Crippen LogP contribution in [-0.2, 0) is 27.5 Å². The lowest BCUT2D eigenvalue weighted by Gasteiger charge is -2.60. The topological polar surface area (TPSA) is 112 Å². The zero-order valence-corrected chi connectivity index (χ0v) is 23.5. The number of aliphatic hydroxyl groups excluding tert-OH is 1. The molecule has 4 fully saturated rings. The second kappa shape index (κ2) is 10.4. The number of aliphatic hydroxyl groups is 1. The van der Waals surface area contributed by atoms with E-state index in [0.29, 0.717) is 23.9 Å². The number of phenols is 1. The van der Waals surface area contributed by atoms with E-state index in [9.17, 15) is 19.8 Å². The van der Waals surface area contributed by atoms with E-state index < -0.39 is 11.8 Å². The summed E-state index contributed by atoms with van der Waals surface area (Å²) in [6.07, 6.45) is 3.43. The molecule has 40 heavy (non-hydrogen) atoms. The van der Waals surface area contributed by atoms with Crippen molar-refractivity contribution >= 4 is 11.6 Å². The third-order valence-electron chi connectivity index (χ3n) is 10.4. The minimum absolute atomic E-state index is 0.0700. The van der Waals surface area contributed by atoms with Crippen LogP contribution in [0.3, 0.4) is 0 Å². The molecule has 8 atom stereocenters. The van der Waals surface area contributed by atoms with E-state index in [4.69, 9.17) is 18.9 Å². The first-order chi connectivity index (χ1) is 19.4. The number of benzene rings is 2. The second-order valence-electron chi connectivity index (χ2n) is 11.8. The van der Waals surface area contributed by atoms with E-state index in [1.54, 1.807) is 14.2 Å². The molecular weight excluding hydrogens is 512 g/mol. The van der Waals surface area contributed by atoms with Crippen molar-refractivity contribution in [1.82, 2.24) is 0 Å². The number of ether oxygens (including phenoxy) is 4. The molecule has 0 heterocycles. The first-order valence-electron chi connectivity index (χ1n) is 14.2. The smallest absolute Gasteiger partial charge is 0.200 e. The van der Waals surface area contributed by atoms with Gasteiger partial charge < -0.3 is 29.2 Å². The van der Waals surface area contributed by atoms with Crippen LogP contribution in [0.25, 0.3) is 0 Å². The molecule has 0 saturated heterocycles. The average molecular weight is 551 g/mol. The van der Waals surface area contributed by atoms with Gasteiger partial charge in [-0.05, 0) is 84.2 Å². The van der Waals surface area contributed by atoms with E-state index in [0.717, 1.165) is 47.9 Å². The van der Waals surface area contributed by atoms with Crippen molar-refractivity contribution in [3.05, 3.63) is 46.5 Å². The Morgan fingerprint density at radius 2 is 1.18 bits per heavy atom. The van der Waals surface area contributed by atoms with Crippen LogP contribution in [0, 0.1) is 35.5 Å². The summed E-state index contributed by atoms with van der Waals surface area (Å²) in [7, 11) is 6.20. The van der Waals surface area contributed by atoms with Crippen LogP contribution < -0.4 is 14.2 Å². The Hall–Kier alpha value is -3.10. The molecule has 0 bridgehead atoms. The first kappa shape index (κ1) is 27.1. The number of hydrogen-bond acceptors (Lipinski definition) is 8. The van der Waals surface area contributed by atoms with Gasteiger partial charge in [0.25, 0.3) is 0 Å². The van der Waals surface area contributed by atoms with Crippen molar-refractivity contribution in [2.75, 3.05) is 28.4 Å². The molecule has 4 saturated carbocycles. The van der Waals surface area contributed by atoms with Gasteiger partial charge in [0.05, 0.1) is 34.5 Å². The van der Waals surface area contributed by atoms with Gasteiger partial charge >= 0.3 is 0 Å². The van der Waals surface area contributed by atoms with E-state index >= 15 is 0 Å². The van der Waals surface area contributed by atoms with Gasteiger partial charge in [0, 0.05) is 36.3 Å². The van der Waals surface area contributed by atoms with Gasteiger partial charge in [-0.2, -0.15) is 0 Å². The minimum atomic E-state index is -0.471. The Kier molecular flexibility index (Phi) is 7.03. The normalized spacial score (nSPS) is 32.2. The third kappa shape index (κ3) is 3.86. The van der Waals surface area contributed by atoms with E-state index in [-0.39, 0.29) is 59.4 Å². The molecule has 214 valence electrons. The number of carbonyl (C=O) groups is 2. The number of carbonyl (C=O) groups excluding carboxylic acids is 2. The average Bonchev–Trinajstić information content (AvgIpc) is 2.91. The van der Waals surface area contributed by atoms with E-state index in [1.807, 2.05) is 24.3 Å². The summed E-state index contributed by atoms with van der Waals surface area (Å²) in [6.45, 7) is 0.126. The van der Waals surface area contributed by atoms with Crippen molar-refractivity contribution in [2.24, 2.45) is 35.5 Å². The summed E-state index contributed by atoms with van der Waals surface area (Å²) in [4.78, 5) is 28.5. The molecule has 8 heteroatoms. The molecule has 8 unspecified atom stereocenters. The lowest BCUT2D eigenvalue weighted by molar-refractivity contribution is -0.163. The van der Waals surface area contributed by atoms with Gasteiger partial charge in [-0.1, -0.05) is 6.07 Å². The van der Waals surface area contributed by atoms with Crippen molar-refractivity contribution in [2.45, 2.75) is 50.7 Å². The molecule has 4 aliphatic carbocycles. The third-order valence-corrected chi connectivity index (χ3v) is 10.4. The summed E-state index contributed by atoms with van der Waals surface area (Å²) >= 11 is 0. The van der Waals surface area contributed by atoms with Crippen LogP contribution in [0.15, 0.2) is 24.3 Å². The highest BCUT2D eigenvalue weighted by molar-refractivity contribution is 5.97. The molecule has 0 aromatic heterocycles. The Morgan fingerprint density at radius 1 is 0.700 bits per heavy atom. The summed E-state index contributed by atoms with van der Waals surface area (Å²) in [5, 5.41) is 20.9. The van der Waals surface area contributed by atoms with Crippen LogP contribution in [-0.4, -0.2) is 50.2 Å². The number of methoxy groups -OCH3 is 4. The largest absolute Gasteiger partial charge is 0.502 e. The number of rotatable bonds is 8. The number of ketones is 2. The number of phenolic OH excluding ortho intramolecular Hbond substituents is 1. The molecule has 0 radical (unpaired) electrons. The van der Waals surface area contributed by atoms with Gasteiger partial charge in [0.15, 0.2) is 11.5 Å². The predicted molar refractivity (Wildman–Crippen MR) is 146 cm³/mol. The molecule has 0 aliphatic heterocycles. The molecule has 2 aromatic carbocycles. The molecule has 4 aliphatic rings. The highest BCUT2D eigenvalue weighted by Crippen LogP contribution is 2.65. The monoisotopic (exact) mass is 550 g/mol. The highest BCUT2D eigenvalue weighted by Gasteiger charge is 2.64. The molecule has 0 amide bonds. The number of hydrogen-bond donors (Lipinski definition) is 2.